The molecule has 2 rings (SSSR count). The number of benzene rings is 2. The Balaban J connectivity index is 2.50. The summed E-state index contributed by atoms with van der Waals surface area (Å²) in [6.07, 6.45) is 0.986. The summed E-state index contributed by atoms with van der Waals surface area (Å²) in [5.74, 6) is 7.19. The average molecular weight is 286 g/mol. The van der Waals surface area contributed by atoms with Crippen LogP contribution in [-0.4, -0.2) is 14.2 Å². The van der Waals surface area contributed by atoms with E-state index in [0.29, 0.717) is 11.5 Å². The molecule has 2 aromatic carbocycles. The fraction of sp³-hybridized carbons (Fsp3) is 0.294. The maximum atomic E-state index is 5.80. The summed E-state index contributed by atoms with van der Waals surface area (Å²) < 4.78 is 10.9. The molecule has 0 amide bonds. The van der Waals surface area contributed by atoms with Crippen molar-refractivity contribution >= 4 is 0 Å². The Kier molecular flexibility index (Phi) is 5.20. The van der Waals surface area contributed by atoms with Crippen LogP contribution < -0.4 is 20.7 Å². The van der Waals surface area contributed by atoms with Gasteiger partial charge in [-0.1, -0.05) is 43.3 Å². The van der Waals surface area contributed by atoms with Crippen molar-refractivity contribution in [1.82, 2.24) is 5.43 Å². The molecule has 0 radical (unpaired) electrons. The van der Waals surface area contributed by atoms with Crippen molar-refractivity contribution in [2.45, 2.75) is 19.4 Å². The van der Waals surface area contributed by atoms with Crippen LogP contribution in [-0.2, 0) is 6.42 Å². The third-order valence-corrected chi connectivity index (χ3v) is 3.60. The molecule has 112 valence electrons. The monoisotopic (exact) mass is 286 g/mol. The molecule has 0 aliphatic carbocycles. The van der Waals surface area contributed by atoms with Gasteiger partial charge in [0.15, 0.2) is 11.5 Å². The highest BCUT2D eigenvalue weighted by Crippen LogP contribution is 2.36. The molecule has 4 nitrogen and oxygen atoms in total. The number of nitrogens with one attached hydrogen (secondary N) is 1. The van der Waals surface area contributed by atoms with Gasteiger partial charge >= 0.3 is 0 Å². The van der Waals surface area contributed by atoms with E-state index in [1.165, 1.54) is 5.56 Å². The third kappa shape index (κ3) is 3.17. The molecule has 1 atom stereocenters. The summed E-state index contributed by atoms with van der Waals surface area (Å²) in [6, 6.07) is 14.0. The van der Waals surface area contributed by atoms with E-state index in [0.717, 1.165) is 17.5 Å². The van der Waals surface area contributed by atoms with Crippen LogP contribution in [0, 0.1) is 0 Å². The van der Waals surface area contributed by atoms with Crippen LogP contribution >= 0.6 is 0 Å². The number of rotatable bonds is 6. The van der Waals surface area contributed by atoms with E-state index in [2.05, 4.69) is 30.5 Å². The highest BCUT2D eigenvalue weighted by Gasteiger charge is 2.19. The second-order valence-electron chi connectivity index (χ2n) is 4.78. The molecule has 0 heterocycles. The van der Waals surface area contributed by atoms with Crippen LogP contribution in [0.5, 0.6) is 11.5 Å². The Bertz CT molecular complexity index is 599. The van der Waals surface area contributed by atoms with Gasteiger partial charge in [0.1, 0.15) is 0 Å². The largest absolute Gasteiger partial charge is 0.493 e. The lowest BCUT2D eigenvalue weighted by molar-refractivity contribution is 0.349. The first-order valence-electron chi connectivity index (χ1n) is 7.01. The van der Waals surface area contributed by atoms with Crippen molar-refractivity contribution in [3.05, 3.63) is 59.2 Å². The molecule has 1 unspecified atom stereocenters. The van der Waals surface area contributed by atoms with Crippen molar-refractivity contribution < 1.29 is 9.47 Å². The number of hydrogen-bond donors (Lipinski definition) is 2. The lowest BCUT2D eigenvalue weighted by Gasteiger charge is -2.21. The van der Waals surface area contributed by atoms with Gasteiger partial charge in [0.2, 0.25) is 0 Å². The molecule has 0 fully saturated rings. The Morgan fingerprint density at radius 3 is 2.48 bits per heavy atom. The minimum atomic E-state index is -0.151. The molecule has 4 heteroatoms. The van der Waals surface area contributed by atoms with Gasteiger partial charge in [-0.15, -0.1) is 0 Å². The first-order valence-corrected chi connectivity index (χ1v) is 7.01. The second-order valence-corrected chi connectivity index (χ2v) is 4.78. The molecule has 0 spiro atoms. The second kappa shape index (κ2) is 7.11. The topological polar surface area (TPSA) is 56.5 Å². The van der Waals surface area contributed by atoms with Gasteiger partial charge in [0.05, 0.1) is 20.3 Å². The highest BCUT2D eigenvalue weighted by molar-refractivity contribution is 5.50. The summed E-state index contributed by atoms with van der Waals surface area (Å²) in [4.78, 5) is 0. The summed E-state index contributed by atoms with van der Waals surface area (Å²) in [6.45, 7) is 2.14. The van der Waals surface area contributed by atoms with E-state index in [9.17, 15) is 0 Å². The zero-order valence-corrected chi connectivity index (χ0v) is 12.7. The number of hydrogen-bond acceptors (Lipinski definition) is 4. The molecule has 0 aliphatic heterocycles. The maximum Gasteiger partial charge on any atom is 0.165 e. The highest BCUT2D eigenvalue weighted by atomic mass is 16.5. The number of hydrazine groups is 1. The van der Waals surface area contributed by atoms with E-state index in [1.807, 2.05) is 24.3 Å². The molecule has 0 aliphatic rings. The minimum Gasteiger partial charge on any atom is -0.493 e. The fourth-order valence-electron chi connectivity index (χ4n) is 2.50. The quantitative estimate of drug-likeness (QED) is 0.633. The summed E-state index contributed by atoms with van der Waals surface area (Å²) in [7, 11) is 3.27. The summed E-state index contributed by atoms with van der Waals surface area (Å²) in [5, 5.41) is 0. The van der Waals surface area contributed by atoms with Crippen molar-refractivity contribution in [1.29, 1.82) is 0 Å². The summed E-state index contributed by atoms with van der Waals surface area (Å²) in [5.41, 5.74) is 6.20. The predicted molar refractivity (Wildman–Crippen MR) is 84.5 cm³/mol. The summed E-state index contributed by atoms with van der Waals surface area (Å²) >= 11 is 0. The number of methoxy groups -OCH3 is 2. The number of nitrogens with two attached hydrogens (primary N) is 1. The van der Waals surface area contributed by atoms with E-state index >= 15 is 0 Å². The van der Waals surface area contributed by atoms with Crippen molar-refractivity contribution in [3.63, 3.8) is 0 Å². The zero-order chi connectivity index (χ0) is 15.2. The normalized spacial score (nSPS) is 12.0. The van der Waals surface area contributed by atoms with Crippen LogP contribution in [0.15, 0.2) is 42.5 Å². The van der Waals surface area contributed by atoms with Crippen LogP contribution in [0.25, 0.3) is 0 Å². The number of ether oxygens (including phenoxy) is 2. The lowest BCUT2D eigenvalue weighted by atomic mass is 9.96. The lowest BCUT2D eigenvalue weighted by Crippen LogP contribution is -2.29. The van der Waals surface area contributed by atoms with Crippen LogP contribution in [0.3, 0.4) is 0 Å². The number of para-hydroxylation sites is 1. The van der Waals surface area contributed by atoms with E-state index in [4.69, 9.17) is 15.3 Å². The van der Waals surface area contributed by atoms with E-state index in [-0.39, 0.29) is 6.04 Å². The molecule has 0 bridgehead atoms. The van der Waals surface area contributed by atoms with Gasteiger partial charge in [-0.05, 0) is 23.6 Å². The average Bonchev–Trinajstić information content (AvgIpc) is 2.55. The first-order chi connectivity index (χ1) is 10.2. The molecule has 21 heavy (non-hydrogen) atoms. The van der Waals surface area contributed by atoms with Crippen molar-refractivity contribution in [2.24, 2.45) is 5.84 Å². The van der Waals surface area contributed by atoms with Gasteiger partial charge in [-0.3, -0.25) is 5.84 Å². The van der Waals surface area contributed by atoms with Gasteiger partial charge in [0, 0.05) is 5.56 Å². The van der Waals surface area contributed by atoms with Crippen molar-refractivity contribution in [3.8, 4) is 11.5 Å². The number of aryl methyl sites for hydroxylation is 1. The Labute approximate surface area is 125 Å². The maximum absolute atomic E-state index is 5.80. The Morgan fingerprint density at radius 1 is 1.10 bits per heavy atom. The Morgan fingerprint density at radius 2 is 1.86 bits per heavy atom. The Hall–Kier alpha value is -2.04. The minimum absolute atomic E-state index is 0.151. The van der Waals surface area contributed by atoms with Gasteiger partial charge in [0.25, 0.3) is 0 Å². The molecule has 3 N–H and O–H groups in total. The van der Waals surface area contributed by atoms with Gasteiger partial charge in [-0.2, -0.15) is 0 Å². The molecule has 2 aromatic rings. The third-order valence-electron chi connectivity index (χ3n) is 3.60. The molecular weight excluding hydrogens is 264 g/mol. The van der Waals surface area contributed by atoms with E-state index < -0.39 is 0 Å². The van der Waals surface area contributed by atoms with Crippen LogP contribution in [0.2, 0.25) is 0 Å². The van der Waals surface area contributed by atoms with Crippen molar-refractivity contribution in [2.75, 3.05) is 14.2 Å². The van der Waals surface area contributed by atoms with Crippen LogP contribution in [0.4, 0.5) is 0 Å². The fourth-order valence-corrected chi connectivity index (χ4v) is 2.50. The predicted octanol–water partition coefficient (Wildman–Crippen LogP) is 2.82. The first kappa shape index (κ1) is 15.4. The van der Waals surface area contributed by atoms with E-state index in [1.54, 1.807) is 14.2 Å². The molecular formula is C17H22N2O2. The molecule has 0 saturated carbocycles. The SMILES string of the molecule is CCc1cccc(C(NN)c2cccc(OC)c2OC)c1. The smallest absolute Gasteiger partial charge is 0.165 e. The standard InChI is InChI=1S/C17H22N2O2/c1-4-12-7-5-8-13(11-12)16(19-18)14-9-6-10-15(20-2)17(14)21-3/h5-11,16,19H,4,18H2,1-3H3. The van der Waals surface area contributed by atoms with Gasteiger partial charge < -0.3 is 9.47 Å². The molecule has 0 aromatic heterocycles. The van der Waals surface area contributed by atoms with Crippen LogP contribution in [0.1, 0.15) is 29.7 Å². The van der Waals surface area contributed by atoms with Gasteiger partial charge in [-0.25, -0.2) is 5.43 Å². The molecule has 0 saturated heterocycles. The zero-order valence-electron chi connectivity index (χ0n) is 12.7.